The van der Waals surface area contributed by atoms with Crippen LogP contribution in [-0.4, -0.2) is 24.2 Å². The van der Waals surface area contributed by atoms with E-state index in [4.69, 9.17) is 4.74 Å². The van der Waals surface area contributed by atoms with Gasteiger partial charge in [0.15, 0.2) is 0 Å². The number of rotatable bonds is 4. The molecule has 0 amide bonds. The van der Waals surface area contributed by atoms with Gasteiger partial charge < -0.3 is 4.74 Å². The molecule has 0 aromatic carbocycles. The number of esters is 1. The van der Waals surface area contributed by atoms with Crippen molar-refractivity contribution in [3.63, 3.8) is 0 Å². The fourth-order valence-corrected chi connectivity index (χ4v) is 4.30. The fourth-order valence-electron chi connectivity index (χ4n) is 4.30. The van der Waals surface area contributed by atoms with Crippen LogP contribution in [0, 0.1) is 5.41 Å². The summed E-state index contributed by atoms with van der Waals surface area (Å²) in [5.74, 6) is -0.0120. The zero-order chi connectivity index (χ0) is 15.3. The van der Waals surface area contributed by atoms with Crippen molar-refractivity contribution in [1.82, 2.24) is 5.32 Å². The molecule has 0 aromatic rings. The topological polar surface area (TPSA) is 38.3 Å². The van der Waals surface area contributed by atoms with Crippen molar-refractivity contribution in [2.24, 2.45) is 5.41 Å². The van der Waals surface area contributed by atoms with E-state index in [1.807, 2.05) is 6.92 Å². The van der Waals surface area contributed by atoms with Gasteiger partial charge in [0.05, 0.1) is 6.61 Å². The highest BCUT2D eigenvalue weighted by Crippen LogP contribution is 2.42. The van der Waals surface area contributed by atoms with Gasteiger partial charge in [0, 0.05) is 6.04 Å². The van der Waals surface area contributed by atoms with E-state index in [9.17, 15) is 4.79 Å². The van der Waals surface area contributed by atoms with Crippen LogP contribution in [0.25, 0.3) is 0 Å². The Bertz CT molecular complexity index is 345. The average Bonchev–Trinajstić information content (AvgIpc) is 2.66. The summed E-state index contributed by atoms with van der Waals surface area (Å²) in [7, 11) is 0. The first kappa shape index (κ1) is 16.8. The minimum atomic E-state index is -0.438. The molecule has 0 saturated heterocycles. The average molecular weight is 295 g/mol. The van der Waals surface area contributed by atoms with Crippen molar-refractivity contribution in [3.8, 4) is 0 Å². The Hall–Kier alpha value is -0.570. The minimum Gasteiger partial charge on any atom is -0.465 e. The van der Waals surface area contributed by atoms with Gasteiger partial charge in [-0.25, -0.2) is 0 Å². The van der Waals surface area contributed by atoms with Gasteiger partial charge >= 0.3 is 5.97 Å². The van der Waals surface area contributed by atoms with Crippen LogP contribution in [0.5, 0.6) is 0 Å². The van der Waals surface area contributed by atoms with Gasteiger partial charge in [0.25, 0.3) is 0 Å². The van der Waals surface area contributed by atoms with Crippen molar-refractivity contribution in [3.05, 3.63) is 0 Å². The maximum atomic E-state index is 12.7. The minimum absolute atomic E-state index is 0.0120. The molecule has 3 nitrogen and oxygen atoms in total. The predicted molar refractivity (Wildman–Crippen MR) is 86.2 cm³/mol. The Morgan fingerprint density at radius 3 is 2.33 bits per heavy atom. The molecule has 0 aliphatic heterocycles. The predicted octanol–water partition coefficient (Wildman–Crippen LogP) is 4.20. The molecule has 0 heterocycles. The third-order valence-corrected chi connectivity index (χ3v) is 5.24. The Labute approximate surface area is 130 Å². The lowest BCUT2D eigenvalue weighted by Crippen LogP contribution is -2.60. The monoisotopic (exact) mass is 295 g/mol. The van der Waals surface area contributed by atoms with Gasteiger partial charge in [-0.2, -0.15) is 0 Å². The summed E-state index contributed by atoms with van der Waals surface area (Å²) in [6, 6.07) is 0.491. The number of ether oxygens (including phenoxy) is 1. The molecular weight excluding hydrogens is 262 g/mol. The lowest BCUT2D eigenvalue weighted by molar-refractivity contribution is -0.155. The fraction of sp³-hybridized carbons (Fsp3) is 0.944. The van der Waals surface area contributed by atoms with Crippen molar-refractivity contribution < 1.29 is 9.53 Å². The molecule has 1 atom stereocenters. The summed E-state index contributed by atoms with van der Waals surface area (Å²) >= 11 is 0. The molecule has 21 heavy (non-hydrogen) atoms. The number of carbonyl (C=O) groups is 1. The molecule has 1 unspecified atom stereocenters. The summed E-state index contributed by atoms with van der Waals surface area (Å²) in [5, 5.41) is 3.78. The SMILES string of the molecule is CCOC(=O)C1(NC2CCCCCC2)CCCC(C)(C)C1. The van der Waals surface area contributed by atoms with Crippen LogP contribution in [-0.2, 0) is 9.53 Å². The second-order valence-electron chi connectivity index (χ2n) is 7.83. The molecule has 0 bridgehead atoms. The van der Waals surface area contributed by atoms with Gasteiger partial charge in [-0.15, -0.1) is 0 Å². The maximum Gasteiger partial charge on any atom is 0.326 e. The Kier molecular flexibility index (Phi) is 5.70. The van der Waals surface area contributed by atoms with Gasteiger partial charge in [-0.05, 0) is 44.4 Å². The standard InChI is InChI=1S/C18H33NO2/c1-4-21-16(20)18(13-9-12-17(2,3)14-18)19-15-10-7-5-6-8-11-15/h15,19H,4-14H2,1-3H3. The van der Waals surface area contributed by atoms with Gasteiger partial charge in [-0.3, -0.25) is 10.1 Å². The van der Waals surface area contributed by atoms with Crippen molar-refractivity contribution in [1.29, 1.82) is 0 Å². The molecule has 0 aromatic heterocycles. The second kappa shape index (κ2) is 7.13. The highest BCUT2D eigenvalue weighted by Gasteiger charge is 2.47. The van der Waals surface area contributed by atoms with Crippen LogP contribution in [0.15, 0.2) is 0 Å². The van der Waals surface area contributed by atoms with E-state index in [1.54, 1.807) is 0 Å². The van der Waals surface area contributed by atoms with Crippen LogP contribution < -0.4 is 5.32 Å². The molecule has 2 rings (SSSR count). The Morgan fingerprint density at radius 1 is 1.10 bits per heavy atom. The Morgan fingerprint density at radius 2 is 1.76 bits per heavy atom. The van der Waals surface area contributed by atoms with Gasteiger partial charge in [0.1, 0.15) is 5.54 Å². The third-order valence-electron chi connectivity index (χ3n) is 5.24. The largest absolute Gasteiger partial charge is 0.465 e. The first-order chi connectivity index (χ1) is 9.97. The van der Waals surface area contributed by atoms with E-state index in [-0.39, 0.29) is 11.4 Å². The third kappa shape index (κ3) is 4.45. The van der Waals surface area contributed by atoms with Crippen molar-refractivity contribution in [2.75, 3.05) is 6.61 Å². The van der Waals surface area contributed by atoms with Crippen LogP contribution >= 0.6 is 0 Å². The highest BCUT2D eigenvalue weighted by atomic mass is 16.5. The van der Waals surface area contributed by atoms with Gasteiger partial charge in [-0.1, -0.05) is 46.0 Å². The molecule has 2 aliphatic carbocycles. The summed E-state index contributed by atoms with van der Waals surface area (Å²) < 4.78 is 5.45. The Balaban J connectivity index is 2.12. The zero-order valence-electron chi connectivity index (χ0n) is 14.2. The van der Waals surface area contributed by atoms with Crippen LogP contribution in [0.1, 0.15) is 85.0 Å². The normalized spacial score (nSPS) is 30.6. The van der Waals surface area contributed by atoms with Crippen molar-refractivity contribution in [2.45, 2.75) is 96.6 Å². The first-order valence-corrected chi connectivity index (χ1v) is 8.92. The molecule has 122 valence electrons. The van der Waals surface area contributed by atoms with Crippen LogP contribution in [0.4, 0.5) is 0 Å². The van der Waals surface area contributed by atoms with Crippen LogP contribution in [0.2, 0.25) is 0 Å². The summed E-state index contributed by atoms with van der Waals surface area (Å²) in [5.41, 5.74) is -0.213. The molecule has 1 N–H and O–H groups in total. The lowest BCUT2D eigenvalue weighted by atomic mass is 9.67. The molecule has 0 spiro atoms. The van der Waals surface area contributed by atoms with E-state index in [0.29, 0.717) is 12.6 Å². The lowest BCUT2D eigenvalue weighted by Gasteiger charge is -2.45. The maximum absolute atomic E-state index is 12.7. The van der Waals surface area contributed by atoms with Crippen molar-refractivity contribution >= 4 is 5.97 Å². The molecular formula is C18H33NO2. The smallest absolute Gasteiger partial charge is 0.326 e. The molecule has 2 fully saturated rings. The van der Waals surface area contributed by atoms with Gasteiger partial charge in [0.2, 0.25) is 0 Å². The highest BCUT2D eigenvalue weighted by molar-refractivity contribution is 5.81. The first-order valence-electron chi connectivity index (χ1n) is 8.92. The number of hydrogen-bond donors (Lipinski definition) is 1. The van der Waals surface area contributed by atoms with Crippen LogP contribution in [0.3, 0.4) is 0 Å². The summed E-state index contributed by atoms with van der Waals surface area (Å²) in [6.45, 7) is 6.96. The molecule has 3 heteroatoms. The summed E-state index contributed by atoms with van der Waals surface area (Å²) in [4.78, 5) is 12.7. The quantitative estimate of drug-likeness (QED) is 0.624. The number of carbonyl (C=O) groups excluding carboxylic acids is 1. The molecule has 2 saturated carbocycles. The van der Waals surface area contributed by atoms with E-state index in [0.717, 1.165) is 19.3 Å². The number of nitrogens with one attached hydrogen (secondary N) is 1. The second-order valence-corrected chi connectivity index (χ2v) is 7.83. The molecule has 2 aliphatic rings. The van der Waals surface area contributed by atoms with E-state index in [2.05, 4.69) is 19.2 Å². The van der Waals surface area contributed by atoms with E-state index >= 15 is 0 Å². The number of hydrogen-bond acceptors (Lipinski definition) is 3. The molecule has 0 radical (unpaired) electrons. The van der Waals surface area contributed by atoms with E-state index < -0.39 is 5.54 Å². The van der Waals surface area contributed by atoms with E-state index in [1.165, 1.54) is 44.9 Å². The zero-order valence-corrected chi connectivity index (χ0v) is 14.2. The summed E-state index contributed by atoms with van der Waals surface area (Å²) in [6.07, 6.45) is 11.9.